The van der Waals surface area contributed by atoms with E-state index in [-0.39, 0.29) is 58.3 Å². The van der Waals surface area contributed by atoms with E-state index in [1.165, 1.54) is 6.07 Å². The highest BCUT2D eigenvalue weighted by Crippen LogP contribution is 2.44. The molecule has 1 N–H and O–H groups in total. The molecule has 0 spiro atoms. The molecule has 2 aromatic rings. The van der Waals surface area contributed by atoms with E-state index in [9.17, 15) is 22.6 Å². The zero-order chi connectivity index (χ0) is 28.3. The van der Waals surface area contributed by atoms with Gasteiger partial charge in [0.25, 0.3) is 10.1 Å². The lowest BCUT2D eigenvalue weighted by Crippen LogP contribution is -2.42. The van der Waals surface area contributed by atoms with Crippen LogP contribution in [0.25, 0.3) is 11.1 Å². The molecule has 3 rings (SSSR count). The van der Waals surface area contributed by atoms with Gasteiger partial charge in [0.2, 0.25) is 0 Å². The minimum atomic E-state index is -4.72. The molecule has 9 nitrogen and oxygen atoms in total. The number of esters is 1. The van der Waals surface area contributed by atoms with Crippen molar-refractivity contribution in [3.63, 3.8) is 0 Å². The summed E-state index contributed by atoms with van der Waals surface area (Å²) in [6, 6.07) is 7.72. The number of rotatable bonds is 7. The summed E-state index contributed by atoms with van der Waals surface area (Å²) < 4.78 is 51.9. The summed E-state index contributed by atoms with van der Waals surface area (Å²) in [6.45, 7) is 9.81. The van der Waals surface area contributed by atoms with E-state index in [2.05, 4.69) is 0 Å². The lowest BCUT2D eigenvalue weighted by molar-refractivity contribution is 0.0163. The summed E-state index contributed by atoms with van der Waals surface area (Å²) in [5.41, 5.74) is -0.00649. The smallest absolute Gasteiger partial charge is 0.410 e. The molecule has 1 amide bonds. The third kappa shape index (κ3) is 7.18. The molecule has 2 aromatic carbocycles. The van der Waals surface area contributed by atoms with Crippen LogP contribution in [0, 0.1) is 12.8 Å². The molecule has 11 heteroatoms. The molecule has 1 aliphatic heterocycles. The molecule has 0 saturated carbocycles. The van der Waals surface area contributed by atoms with Crippen molar-refractivity contribution in [2.75, 3.05) is 26.3 Å². The first kappa shape index (κ1) is 29.7. The third-order valence-corrected chi connectivity index (χ3v) is 7.28. The van der Waals surface area contributed by atoms with E-state index in [0.717, 1.165) is 0 Å². The van der Waals surface area contributed by atoms with Gasteiger partial charge in [-0.2, -0.15) is 8.42 Å². The van der Waals surface area contributed by atoms with E-state index in [1.807, 2.05) is 20.8 Å². The third-order valence-electron chi connectivity index (χ3n) is 6.07. The number of aryl methyl sites for hydroxylation is 1. The minimum Gasteiger partial charge on any atom is -0.492 e. The number of nitrogens with zero attached hydrogens (tertiary/aromatic N) is 1. The summed E-state index contributed by atoms with van der Waals surface area (Å²) in [4.78, 5) is 26.6. The summed E-state index contributed by atoms with van der Waals surface area (Å²) in [6.07, 6.45) is 0.859. The molecule has 0 unspecified atom stereocenters. The zero-order valence-corrected chi connectivity index (χ0v) is 23.8. The molecule has 1 saturated heterocycles. The number of carbonyl (C=O) groups is 2. The number of hydrogen-bond acceptors (Lipinski definition) is 7. The van der Waals surface area contributed by atoms with Crippen molar-refractivity contribution < 1.29 is 36.8 Å². The maximum absolute atomic E-state index is 13.0. The van der Waals surface area contributed by atoms with Gasteiger partial charge in [-0.15, -0.1) is 0 Å². The lowest BCUT2D eigenvalue weighted by Gasteiger charge is -2.33. The van der Waals surface area contributed by atoms with Gasteiger partial charge < -0.3 is 19.1 Å². The highest BCUT2D eigenvalue weighted by Gasteiger charge is 2.32. The molecular formula is C27H34ClNO8S. The van der Waals surface area contributed by atoms with Gasteiger partial charge >= 0.3 is 12.1 Å². The van der Waals surface area contributed by atoms with E-state index in [4.69, 9.17) is 25.8 Å². The predicted octanol–water partition coefficient (Wildman–Crippen LogP) is 5.76. The molecule has 38 heavy (non-hydrogen) atoms. The van der Waals surface area contributed by atoms with E-state index in [0.29, 0.717) is 25.9 Å². The molecule has 0 atom stereocenters. The van der Waals surface area contributed by atoms with Crippen LogP contribution in [0.2, 0.25) is 5.02 Å². The Balaban J connectivity index is 1.99. The first-order valence-electron chi connectivity index (χ1n) is 12.4. The number of likely N-dealkylation sites (tertiary alicyclic amines) is 1. The molecule has 0 bridgehead atoms. The topological polar surface area (TPSA) is 119 Å². The highest BCUT2D eigenvalue weighted by molar-refractivity contribution is 7.86. The number of amides is 1. The number of benzene rings is 2. The molecule has 1 heterocycles. The normalized spacial score (nSPS) is 14.8. The van der Waals surface area contributed by atoms with Crippen molar-refractivity contribution >= 4 is 33.8 Å². The Kier molecular flexibility index (Phi) is 9.33. The largest absolute Gasteiger partial charge is 0.492 e. The Labute approximate surface area is 228 Å². The number of halogens is 1. The second-order valence-corrected chi connectivity index (χ2v) is 12.0. The monoisotopic (exact) mass is 567 g/mol. The SMILES string of the molecule is CCOC(=O)c1c(C)cc(S(=O)(=O)O)c(-c2ccccc2Cl)c1OCC1CCN(C(=O)OC(C)(C)C)CC1. The number of hydrogen-bond donors (Lipinski definition) is 1. The Morgan fingerprint density at radius 1 is 1.16 bits per heavy atom. The summed E-state index contributed by atoms with van der Waals surface area (Å²) in [5.74, 6) is -0.703. The lowest BCUT2D eigenvalue weighted by atomic mass is 9.96. The number of ether oxygens (including phenoxy) is 3. The fraction of sp³-hybridized carbons (Fsp3) is 0.481. The van der Waals surface area contributed by atoms with Crippen LogP contribution in [0.4, 0.5) is 4.79 Å². The molecule has 0 aromatic heterocycles. The molecule has 1 fully saturated rings. The van der Waals surface area contributed by atoms with Crippen molar-refractivity contribution in [2.24, 2.45) is 5.92 Å². The number of piperidine rings is 1. The Bertz CT molecular complexity index is 1290. The first-order valence-corrected chi connectivity index (χ1v) is 14.2. The Morgan fingerprint density at radius 2 is 1.79 bits per heavy atom. The fourth-order valence-corrected chi connectivity index (χ4v) is 5.31. The van der Waals surface area contributed by atoms with Gasteiger partial charge in [0, 0.05) is 29.2 Å². The van der Waals surface area contributed by atoms with Gasteiger partial charge in [-0.25, -0.2) is 9.59 Å². The van der Waals surface area contributed by atoms with E-state index < -0.39 is 26.6 Å². The van der Waals surface area contributed by atoms with Crippen LogP contribution < -0.4 is 4.74 Å². The van der Waals surface area contributed by atoms with Gasteiger partial charge in [0.05, 0.1) is 13.2 Å². The van der Waals surface area contributed by atoms with Crippen LogP contribution in [0.5, 0.6) is 5.75 Å². The van der Waals surface area contributed by atoms with Crippen molar-refractivity contribution in [2.45, 2.75) is 58.0 Å². The maximum Gasteiger partial charge on any atom is 0.410 e. The maximum atomic E-state index is 13.0. The van der Waals surface area contributed by atoms with E-state index in [1.54, 1.807) is 43.0 Å². The van der Waals surface area contributed by atoms with Crippen LogP contribution in [0.15, 0.2) is 35.2 Å². The highest BCUT2D eigenvalue weighted by atomic mass is 35.5. The van der Waals surface area contributed by atoms with Crippen molar-refractivity contribution in [3.05, 3.63) is 46.5 Å². The van der Waals surface area contributed by atoms with Crippen molar-refractivity contribution in [3.8, 4) is 16.9 Å². The van der Waals surface area contributed by atoms with Gasteiger partial charge in [-0.1, -0.05) is 29.8 Å². The second kappa shape index (κ2) is 11.9. The molecular weight excluding hydrogens is 534 g/mol. The van der Waals surface area contributed by atoms with Crippen molar-refractivity contribution in [1.82, 2.24) is 4.90 Å². The van der Waals surface area contributed by atoms with Crippen LogP contribution in [-0.4, -0.2) is 61.8 Å². The molecule has 208 valence electrons. The minimum absolute atomic E-state index is 0.0116. The van der Waals surface area contributed by atoms with Crippen LogP contribution in [-0.2, 0) is 19.6 Å². The second-order valence-electron chi connectivity index (χ2n) is 10.2. The quantitative estimate of drug-likeness (QED) is 0.331. The van der Waals surface area contributed by atoms with Crippen LogP contribution in [0.1, 0.15) is 56.5 Å². The van der Waals surface area contributed by atoms with Gasteiger partial charge in [-0.05, 0) is 71.1 Å². The Hall–Kier alpha value is -2.82. The summed E-state index contributed by atoms with van der Waals surface area (Å²) in [7, 11) is -4.72. The summed E-state index contributed by atoms with van der Waals surface area (Å²) in [5, 5.41) is 0.214. The molecule has 1 aliphatic rings. The zero-order valence-electron chi connectivity index (χ0n) is 22.2. The Morgan fingerprint density at radius 3 is 2.34 bits per heavy atom. The molecule has 0 aliphatic carbocycles. The van der Waals surface area contributed by atoms with E-state index >= 15 is 0 Å². The van der Waals surface area contributed by atoms with Crippen LogP contribution in [0.3, 0.4) is 0 Å². The molecule has 0 radical (unpaired) electrons. The average Bonchev–Trinajstić information content (AvgIpc) is 2.81. The van der Waals surface area contributed by atoms with Gasteiger partial charge in [-0.3, -0.25) is 4.55 Å². The average molecular weight is 568 g/mol. The summed E-state index contributed by atoms with van der Waals surface area (Å²) >= 11 is 6.43. The fourth-order valence-electron chi connectivity index (χ4n) is 4.29. The van der Waals surface area contributed by atoms with Gasteiger partial charge in [0.1, 0.15) is 21.8 Å². The first-order chi connectivity index (χ1) is 17.7. The predicted molar refractivity (Wildman–Crippen MR) is 143 cm³/mol. The van der Waals surface area contributed by atoms with Crippen molar-refractivity contribution in [1.29, 1.82) is 0 Å². The number of carbonyl (C=O) groups excluding carboxylic acids is 2. The van der Waals surface area contributed by atoms with Crippen LogP contribution >= 0.6 is 11.6 Å². The van der Waals surface area contributed by atoms with Gasteiger partial charge in [0.15, 0.2) is 0 Å². The standard InChI is InChI=1S/C27H34ClNO8S/c1-6-35-25(30)22-17(2)15-21(38(32,33)34)23(19-9-7-8-10-20(19)28)24(22)36-16-18-11-13-29(14-12-18)26(31)37-27(3,4)5/h7-10,15,18H,6,11-14,16H2,1-5H3,(H,32,33,34).